The van der Waals surface area contributed by atoms with E-state index in [9.17, 15) is 10.2 Å². The second-order valence-corrected chi connectivity index (χ2v) is 11.0. The average Bonchev–Trinajstić information content (AvgIpc) is 2.86. The highest BCUT2D eigenvalue weighted by Crippen LogP contribution is 2.56. The van der Waals surface area contributed by atoms with Gasteiger partial charge >= 0.3 is 0 Å². The van der Waals surface area contributed by atoms with Gasteiger partial charge in [0.15, 0.2) is 0 Å². The molecular weight excluding hydrogens is 448 g/mol. The molecule has 1 fully saturated rings. The van der Waals surface area contributed by atoms with E-state index < -0.39 is 5.72 Å². The Morgan fingerprint density at radius 2 is 1.47 bits per heavy atom. The number of hydrogen-bond donors (Lipinski definition) is 2. The Morgan fingerprint density at radius 1 is 0.861 bits per heavy atom. The second-order valence-electron chi connectivity index (χ2n) is 11.0. The van der Waals surface area contributed by atoms with Crippen LogP contribution in [-0.4, -0.2) is 28.4 Å². The van der Waals surface area contributed by atoms with E-state index in [1.165, 1.54) is 0 Å². The molecule has 186 valence electrons. The molecule has 3 aromatic carbocycles. The molecule has 1 aliphatic heterocycles. The van der Waals surface area contributed by atoms with E-state index in [4.69, 9.17) is 14.7 Å². The Kier molecular flexibility index (Phi) is 6.33. The van der Waals surface area contributed by atoms with Crippen molar-refractivity contribution in [3.05, 3.63) is 89.5 Å². The molecule has 4 atom stereocenters. The first kappa shape index (κ1) is 24.1. The van der Waals surface area contributed by atoms with Gasteiger partial charge in [-0.15, -0.1) is 0 Å². The van der Waals surface area contributed by atoms with E-state index in [0.29, 0.717) is 17.0 Å². The van der Waals surface area contributed by atoms with Crippen molar-refractivity contribution in [2.24, 2.45) is 27.2 Å². The molecule has 0 saturated heterocycles. The van der Waals surface area contributed by atoms with Gasteiger partial charge in [-0.3, -0.25) is 4.99 Å². The number of fused-ring (bicyclic) bond motifs is 2. The van der Waals surface area contributed by atoms with E-state index in [1.54, 1.807) is 30.6 Å². The molecule has 0 spiro atoms. The van der Waals surface area contributed by atoms with E-state index >= 15 is 0 Å². The summed E-state index contributed by atoms with van der Waals surface area (Å²) < 4.78 is 6.75. The first-order valence-corrected chi connectivity index (χ1v) is 12.7. The zero-order valence-electron chi connectivity index (χ0n) is 21.1. The van der Waals surface area contributed by atoms with Crippen LogP contribution in [0.2, 0.25) is 0 Å². The number of rotatable bonds is 4. The lowest BCUT2D eigenvalue weighted by Gasteiger charge is -2.51. The fourth-order valence-corrected chi connectivity index (χ4v) is 5.59. The predicted molar refractivity (Wildman–Crippen MR) is 144 cm³/mol. The molecule has 0 radical (unpaired) electrons. The molecule has 0 unspecified atom stereocenters. The highest BCUT2D eigenvalue weighted by molar-refractivity contribution is 5.84. The summed E-state index contributed by atoms with van der Waals surface area (Å²) in [4.78, 5) is 10.2. The molecular formula is C31H34N2O3. The van der Waals surface area contributed by atoms with Gasteiger partial charge in [-0.1, -0.05) is 63.2 Å². The standard InChI is InChI=1S/C31H34N2O3/c1-30(2,3)23-16-17-31(33-20-22-11-5-8-14-27(22)35)25(18-23)29(24-12-6-9-15-28(24)36-31)32-19-21-10-4-7-13-26(21)34/h4-15,19-20,23,25,29,34-35H,16-18H2,1-3H3/b32-19?,33-20+/t23-,25+,29-,31-/m1/s1. The first-order valence-electron chi connectivity index (χ1n) is 12.7. The van der Waals surface area contributed by atoms with Crippen LogP contribution in [0.15, 0.2) is 82.8 Å². The van der Waals surface area contributed by atoms with Crippen LogP contribution in [0.4, 0.5) is 0 Å². The van der Waals surface area contributed by atoms with Crippen LogP contribution in [0.3, 0.4) is 0 Å². The third-order valence-electron chi connectivity index (χ3n) is 7.77. The number of aliphatic imine (C=N–C) groups is 2. The minimum atomic E-state index is -0.793. The zero-order valence-corrected chi connectivity index (χ0v) is 21.1. The van der Waals surface area contributed by atoms with Crippen molar-refractivity contribution in [3.63, 3.8) is 0 Å². The molecule has 1 aliphatic carbocycles. The Morgan fingerprint density at radius 3 is 2.14 bits per heavy atom. The van der Waals surface area contributed by atoms with Gasteiger partial charge in [0.05, 0.1) is 6.04 Å². The molecule has 1 heterocycles. The topological polar surface area (TPSA) is 74.4 Å². The van der Waals surface area contributed by atoms with Crippen molar-refractivity contribution >= 4 is 12.4 Å². The Hall–Kier alpha value is -3.60. The van der Waals surface area contributed by atoms with E-state index in [0.717, 1.165) is 30.6 Å². The second kappa shape index (κ2) is 9.45. The Balaban J connectivity index is 1.62. The van der Waals surface area contributed by atoms with Crippen LogP contribution in [-0.2, 0) is 0 Å². The molecule has 3 aromatic rings. The maximum atomic E-state index is 10.3. The molecule has 1 saturated carbocycles. The number of hydrogen-bond acceptors (Lipinski definition) is 5. The number of phenols is 2. The van der Waals surface area contributed by atoms with Crippen LogP contribution in [0, 0.1) is 17.3 Å². The van der Waals surface area contributed by atoms with Gasteiger partial charge in [0.1, 0.15) is 17.2 Å². The SMILES string of the molecule is CC(C)(C)[C@@H]1CC[C@@]2(/N=C/c3ccccc3O)Oc3ccccc3[C@@H](N=Cc3ccccc3O)[C@@H]2C1. The van der Waals surface area contributed by atoms with Crippen LogP contribution in [0.25, 0.3) is 0 Å². The number of benzene rings is 3. The van der Waals surface area contributed by atoms with Crippen LogP contribution < -0.4 is 4.74 Å². The molecule has 5 rings (SSSR count). The number of ether oxygens (including phenoxy) is 1. The lowest BCUT2D eigenvalue weighted by atomic mass is 9.63. The summed E-state index contributed by atoms with van der Waals surface area (Å²) in [5.74, 6) is 1.68. The quantitative estimate of drug-likeness (QED) is 0.396. The summed E-state index contributed by atoms with van der Waals surface area (Å²) >= 11 is 0. The Bertz CT molecular complexity index is 1290. The lowest BCUT2D eigenvalue weighted by Crippen LogP contribution is -2.52. The van der Waals surface area contributed by atoms with Gasteiger partial charge in [-0.2, -0.15) is 0 Å². The summed E-state index contributed by atoms with van der Waals surface area (Å²) in [5.41, 5.74) is 1.75. The monoisotopic (exact) mass is 482 g/mol. The van der Waals surface area contributed by atoms with Gasteiger partial charge in [0.25, 0.3) is 0 Å². The fourth-order valence-electron chi connectivity index (χ4n) is 5.59. The summed E-state index contributed by atoms with van der Waals surface area (Å²) in [6, 6.07) is 22.4. The molecule has 2 N–H and O–H groups in total. The number of phenolic OH excluding ortho intramolecular Hbond substituents is 2. The average molecular weight is 483 g/mol. The summed E-state index contributed by atoms with van der Waals surface area (Å²) in [6.45, 7) is 6.90. The van der Waals surface area contributed by atoms with Crippen molar-refractivity contribution in [1.82, 2.24) is 0 Å². The van der Waals surface area contributed by atoms with E-state index in [1.807, 2.05) is 48.5 Å². The Labute approximate surface area is 213 Å². The van der Waals surface area contributed by atoms with Crippen molar-refractivity contribution in [1.29, 1.82) is 0 Å². The maximum Gasteiger partial charge on any atom is 0.205 e. The maximum absolute atomic E-state index is 10.3. The molecule has 36 heavy (non-hydrogen) atoms. The number of nitrogens with zero attached hydrogens (tertiary/aromatic N) is 2. The highest BCUT2D eigenvalue weighted by Gasteiger charge is 2.54. The van der Waals surface area contributed by atoms with Gasteiger partial charge in [-0.05, 0) is 54.5 Å². The fraction of sp³-hybridized carbons (Fsp3) is 0.355. The molecule has 5 nitrogen and oxygen atoms in total. The third-order valence-corrected chi connectivity index (χ3v) is 7.77. The number of aromatic hydroxyl groups is 2. The smallest absolute Gasteiger partial charge is 0.205 e. The molecule has 0 bridgehead atoms. The van der Waals surface area contributed by atoms with Gasteiger partial charge in [-0.25, -0.2) is 4.99 Å². The lowest BCUT2D eigenvalue weighted by molar-refractivity contribution is -0.0717. The predicted octanol–water partition coefficient (Wildman–Crippen LogP) is 6.93. The molecule has 2 aliphatic rings. The van der Waals surface area contributed by atoms with Crippen molar-refractivity contribution in [2.75, 3.05) is 0 Å². The van der Waals surface area contributed by atoms with Crippen LogP contribution >= 0.6 is 0 Å². The van der Waals surface area contributed by atoms with E-state index in [-0.39, 0.29) is 28.9 Å². The minimum absolute atomic E-state index is 0.00501. The van der Waals surface area contributed by atoms with Crippen LogP contribution in [0.1, 0.15) is 62.8 Å². The van der Waals surface area contributed by atoms with Crippen LogP contribution in [0.5, 0.6) is 17.2 Å². The zero-order chi connectivity index (χ0) is 25.3. The molecule has 5 heteroatoms. The van der Waals surface area contributed by atoms with E-state index in [2.05, 4.69) is 26.8 Å². The van der Waals surface area contributed by atoms with Crippen molar-refractivity contribution in [2.45, 2.75) is 51.8 Å². The van der Waals surface area contributed by atoms with Gasteiger partial charge in [0, 0.05) is 41.5 Å². The summed E-state index contributed by atoms with van der Waals surface area (Å²) in [6.07, 6.45) is 6.20. The van der Waals surface area contributed by atoms with Crippen molar-refractivity contribution < 1.29 is 14.9 Å². The largest absolute Gasteiger partial charge is 0.507 e. The minimum Gasteiger partial charge on any atom is -0.507 e. The first-order chi connectivity index (χ1) is 17.3. The normalized spacial score (nSPS) is 25.9. The molecule has 0 aromatic heterocycles. The van der Waals surface area contributed by atoms with Gasteiger partial charge < -0.3 is 14.9 Å². The third kappa shape index (κ3) is 4.62. The highest BCUT2D eigenvalue weighted by atomic mass is 16.5. The summed E-state index contributed by atoms with van der Waals surface area (Å²) in [7, 11) is 0. The number of para-hydroxylation sites is 3. The summed E-state index contributed by atoms with van der Waals surface area (Å²) in [5, 5.41) is 20.7. The van der Waals surface area contributed by atoms with Gasteiger partial charge in [0.2, 0.25) is 5.72 Å². The molecule has 0 amide bonds. The van der Waals surface area contributed by atoms with Crippen molar-refractivity contribution in [3.8, 4) is 17.2 Å².